The molecule has 0 radical (unpaired) electrons. The van der Waals surface area contributed by atoms with Crippen molar-refractivity contribution in [2.75, 3.05) is 0 Å². The number of imidazole rings is 1. The van der Waals surface area contributed by atoms with Crippen LogP contribution in [0, 0.1) is 0 Å². The molecule has 0 unspecified atom stereocenters. The lowest BCUT2D eigenvalue weighted by Crippen LogP contribution is -2.26. The molecule has 160 valence electrons. The average Bonchev–Trinajstić information content (AvgIpc) is 3.35. The van der Waals surface area contributed by atoms with Crippen molar-refractivity contribution in [1.82, 2.24) is 15.3 Å². The minimum atomic E-state index is -0.556. The normalized spacial score (nSPS) is 11.2. The van der Waals surface area contributed by atoms with E-state index in [-0.39, 0.29) is 0 Å². The Bertz CT molecular complexity index is 1460. The van der Waals surface area contributed by atoms with Gasteiger partial charge in [-0.15, -0.1) is 11.3 Å². The molecule has 0 saturated heterocycles. The number of aromatic nitrogens is 2. The molecule has 0 atom stereocenters. The van der Waals surface area contributed by atoms with E-state index in [0.717, 1.165) is 15.6 Å². The van der Waals surface area contributed by atoms with Gasteiger partial charge in [-0.05, 0) is 58.8 Å². The highest BCUT2D eigenvalue weighted by molar-refractivity contribution is 7.17. The van der Waals surface area contributed by atoms with E-state index in [4.69, 9.17) is 39.5 Å². The number of ether oxygens (including phenoxy) is 1. The molecular weight excluding hydrogens is 489 g/mol. The van der Waals surface area contributed by atoms with E-state index >= 15 is 0 Å². The second-order valence-electron chi connectivity index (χ2n) is 7.01. The molecule has 0 saturated carbocycles. The Hall–Kier alpha value is -2.77. The summed E-state index contributed by atoms with van der Waals surface area (Å²) < 4.78 is 6.56. The Balaban J connectivity index is 1.31. The van der Waals surface area contributed by atoms with Crippen LogP contribution in [0.1, 0.15) is 5.56 Å². The van der Waals surface area contributed by atoms with Crippen LogP contribution in [0.2, 0.25) is 15.1 Å². The molecule has 0 spiro atoms. The molecule has 0 aliphatic carbocycles. The molecular formula is C23H14Cl3N3O2S. The summed E-state index contributed by atoms with van der Waals surface area (Å²) in [5.74, 6) is 0.925. The molecule has 5 rings (SSSR count). The summed E-state index contributed by atoms with van der Waals surface area (Å²) in [7, 11) is 0. The van der Waals surface area contributed by atoms with Crippen LogP contribution >= 0.6 is 46.1 Å². The van der Waals surface area contributed by atoms with Gasteiger partial charge in [0, 0.05) is 22.3 Å². The van der Waals surface area contributed by atoms with Gasteiger partial charge in [-0.25, -0.2) is 9.78 Å². The minimum Gasteiger partial charge on any atom is -0.410 e. The standard InChI is InChI=1S/C23H14Cl3N3O2S/c24-13-4-7-20-15(8-13)12(11-32-20)10-27-23(30)31-14-5-6-18-19(9-14)29-22(28-18)21-16(25)2-1-3-17(21)26/h1-9,11H,10H2,(H,27,30)(H,28,29). The van der Waals surface area contributed by atoms with Gasteiger partial charge in [0.25, 0.3) is 0 Å². The average molecular weight is 503 g/mol. The molecule has 2 N–H and O–H groups in total. The number of carbonyl (C=O) groups is 1. The van der Waals surface area contributed by atoms with Crippen molar-refractivity contribution in [3.8, 4) is 17.1 Å². The Kier molecular flexibility index (Phi) is 5.69. The number of hydrogen-bond acceptors (Lipinski definition) is 4. The fourth-order valence-corrected chi connectivity index (χ4v) is 5.09. The maximum absolute atomic E-state index is 12.3. The molecule has 32 heavy (non-hydrogen) atoms. The van der Waals surface area contributed by atoms with Gasteiger partial charge in [0.15, 0.2) is 0 Å². The lowest BCUT2D eigenvalue weighted by atomic mass is 10.2. The number of H-pyrrole nitrogens is 1. The maximum Gasteiger partial charge on any atom is 0.412 e. The molecule has 5 nitrogen and oxygen atoms in total. The highest BCUT2D eigenvalue weighted by atomic mass is 35.5. The first-order valence-electron chi connectivity index (χ1n) is 9.53. The summed E-state index contributed by atoms with van der Waals surface area (Å²) in [6.45, 7) is 0.334. The first-order chi connectivity index (χ1) is 15.5. The molecule has 0 aliphatic heterocycles. The van der Waals surface area contributed by atoms with Crippen molar-refractivity contribution >= 4 is 73.4 Å². The summed E-state index contributed by atoms with van der Waals surface area (Å²) in [6.07, 6.45) is -0.556. The van der Waals surface area contributed by atoms with Crippen LogP contribution in [0.15, 0.2) is 60.0 Å². The molecule has 2 aromatic heterocycles. The number of thiophene rings is 1. The Labute approximate surface area is 201 Å². The number of hydrogen-bond donors (Lipinski definition) is 2. The number of fused-ring (bicyclic) bond motifs is 2. The topological polar surface area (TPSA) is 67.0 Å². The number of nitrogens with zero attached hydrogens (tertiary/aromatic N) is 1. The quantitative estimate of drug-likeness (QED) is 0.265. The van der Waals surface area contributed by atoms with Crippen LogP contribution in [0.4, 0.5) is 4.79 Å². The van der Waals surface area contributed by atoms with E-state index in [2.05, 4.69) is 15.3 Å². The highest BCUT2D eigenvalue weighted by Crippen LogP contribution is 2.34. The fourth-order valence-electron chi connectivity index (χ4n) is 3.40. The third-order valence-electron chi connectivity index (χ3n) is 4.90. The minimum absolute atomic E-state index is 0.334. The van der Waals surface area contributed by atoms with Gasteiger partial charge in [0.1, 0.15) is 11.6 Å². The lowest BCUT2D eigenvalue weighted by Gasteiger charge is -2.06. The van der Waals surface area contributed by atoms with Crippen molar-refractivity contribution in [2.45, 2.75) is 6.54 Å². The van der Waals surface area contributed by atoms with Gasteiger partial charge >= 0.3 is 6.09 Å². The van der Waals surface area contributed by atoms with E-state index in [1.807, 2.05) is 23.6 Å². The second kappa shape index (κ2) is 8.64. The summed E-state index contributed by atoms with van der Waals surface area (Å²) in [5, 5.41) is 7.45. The van der Waals surface area contributed by atoms with Crippen LogP contribution in [0.5, 0.6) is 5.75 Å². The van der Waals surface area contributed by atoms with Crippen LogP contribution in [0.3, 0.4) is 0 Å². The zero-order chi connectivity index (χ0) is 22.2. The number of benzene rings is 3. The van der Waals surface area contributed by atoms with Gasteiger partial charge in [-0.3, -0.25) is 0 Å². The van der Waals surface area contributed by atoms with E-state index in [1.165, 1.54) is 0 Å². The molecule has 0 fully saturated rings. The predicted octanol–water partition coefficient (Wildman–Crippen LogP) is 7.69. The number of halogens is 3. The molecule has 0 bridgehead atoms. The van der Waals surface area contributed by atoms with E-state index in [0.29, 0.717) is 49.8 Å². The first kappa shape index (κ1) is 21.1. The molecule has 2 heterocycles. The molecule has 0 aliphatic rings. The fraction of sp³-hybridized carbons (Fsp3) is 0.0435. The van der Waals surface area contributed by atoms with Gasteiger partial charge < -0.3 is 15.0 Å². The van der Waals surface area contributed by atoms with E-state index in [9.17, 15) is 4.79 Å². The zero-order valence-corrected chi connectivity index (χ0v) is 19.4. The van der Waals surface area contributed by atoms with Gasteiger partial charge in [-0.1, -0.05) is 40.9 Å². The van der Waals surface area contributed by atoms with Crippen molar-refractivity contribution in [2.24, 2.45) is 0 Å². The second-order valence-corrected chi connectivity index (χ2v) is 9.17. The van der Waals surface area contributed by atoms with Crippen molar-refractivity contribution in [3.63, 3.8) is 0 Å². The van der Waals surface area contributed by atoms with Gasteiger partial charge in [0.2, 0.25) is 0 Å². The smallest absolute Gasteiger partial charge is 0.410 e. The van der Waals surface area contributed by atoms with Gasteiger partial charge in [0.05, 0.1) is 26.6 Å². The number of amides is 1. The number of aromatic amines is 1. The summed E-state index contributed by atoms with van der Waals surface area (Å²) >= 11 is 20.3. The van der Waals surface area contributed by atoms with Crippen molar-refractivity contribution < 1.29 is 9.53 Å². The number of rotatable bonds is 4. The molecule has 9 heteroatoms. The SMILES string of the molecule is O=C(NCc1csc2ccc(Cl)cc12)Oc1ccc2nc(-c3c(Cl)cccc3Cl)[nH]c2c1. The Morgan fingerprint density at radius 2 is 1.88 bits per heavy atom. The largest absolute Gasteiger partial charge is 0.412 e. The van der Waals surface area contributed by atoms with Crippen molar-refractivity contribution in [3.05, 3.63) is 80.6 Å². The van der Waals surface area contributed by atoms with Crippen molar-refractivity contribution in [1.29, 1.82) is 0 Å². The Morgan fingerprint density at radius 3 is 2.69 bits per heavy atom. The van der Waals surface area contributed by atoms with E-state index in [1.54, 1.807) is 47.7 Å². The molecule has 1 amide bonds. The summed E-state index contributed by atoms with van der Waals surface area (Å²) in [5.41, 5.74) is 3.00. The molecule has 3 aromatic carbocycles. The summed E-state index contributed by atoms with van der Waals surface area (Å²) in [4.78, 5) is 20.1. The van der Waals surface area contributed by atoms with Crippen LogP contribution in [-0.4, -0.2) is 16.1 Å². The maximum atomic E-state index is 12.3. The van der Waals surface area contributed by atoms with Gasteiger partial charge in [-0.2, -0.15) is 0 Å². The lowest BCUT2D eigenvalue weighted by molar-refractivity contribution is 0.200. The zero-order valence-electron chi connectivity index (χ0n) is 16.3. The van der Waals surface area contributed by atoms with Crippen LogP contribution in [-0.2, 0) is 6.54 Å². The third-order valence-corrected chi connectivity index (χ3v) is 6.78. The highest BCUT2D eigenvalue weighted by Gasteiger charge is 2.14. The summed E-state index contributed by atoms with van der Waals surface area (Å²) in [6, 6.07) is 16.1. The van der Waals surface area contributed by atoms with Crippen LogP contribution in [0.25, 0.3) is 32.5 Å². The number of carbonyl (C=O) groups excluding carboxylic acids is 1. The van der Waals surface area contributed by atoms with E-state index < -0.39 is 6.09 Å². The predicted molar refractivity (Wildman–Crippen MR) is 131 cm³/mol. The Morgan fingerprint density at radius 1 is 1.06 bits per heavy atom. The number of nitrogens with one attached hydrogen (secondary N) is 2. The van der Waals surface area contributed by atoms with Crippen LogP contribution < -0.4 is 10.1 Å². The third kappa shape index (κ3) is 4.14. The molecule has 5 aromatic rings. The first-order valence-corrected chi connectivity index (χ1v) is 11.5. The monoisotopic (exact) mass is 501 g/mol.